The maximum Gasteiger partial charge on any atom is 0.240 e. The van der Waals surface area contributed by atoms with Crippen molar-refractivity contribution in [3.63, 3.8) is 0 Å². The predicted octanol–water partition coefficient (Wildman–Crippen LogP) is 0.0565. The Morgan fingerprint density at radius 3 is 2.58 bits per heavy atom. The van der Waals surface area contributed by atoms with E-state index >= 15 is 0 Å². The van der Waals surface area contributed by atoms with E-state index in [-0.39, 0.29) is 10.6 Å². The molecule has 1 fully saturated rings. The maximum atomic E-state index is 11.5. The highest BCUT2D eigenvalue weighted by Crippen LogP contribution is 2.30. The van der Waals surface area contributed by atoms with Crippen molar-refractivity contribution in [1.82, 2.24) is 4.90 Å². The fraction of sp³-hybridized carbons (Fsp3) is 0.500. The summed E-state index contributed by atoms with van der Waals surface area (Å²) in [5.74, 6) is 0. The lowest BCUT2D eigenvalue weighted by Crippen LogP contribution is -2.50. The Labute approximate surface area is 114 Å². The number of para-hydroxylation sites is 1. The molecule has 1 aliphatic heterocycles. The zero-order valence-corrected chi connectivity index (χ0v) is 12.0. The molecule has 1 unspecified atom stereocenters. The van der Waals surface area contributed by atoms with Crippen LogP contribution in [-0.2, 0) is 10.0 Å². The predicted molar refractivity (Wildman–Crippen MR) is 76.5 cm³/mol. The third-order valence-electron chi connectivity index (χ3n) is 3.65. The van der Waals surface area contributed by atoms with Gasteiger partial charge in [-0.25, -0.2) is 13.6 Å². The molecule has 0 radical (unpaired) electrons. The van der Waals surface area contributed by atoms with Crippen LogP contribution in [0.5, 0.6) is 0 Å². The standard InChI is InChI=1S/C12H20N4O2S/c1-9-8-16(7-6-15(9)2)10-4-3-5-11(12(10)13)19(14,17)18/h3-5,9H,6-8,13H2,1-2H3,(H2,14,17,18). The number of piperazine rings is 1. The quantitative estimate of drug-likeness (QED) is 0.749. The lowest BCUT2D eigenvalue weighted by atomic mass is 10.1. The fourth-order valence-electron chi connectivity index (χ4n) is 2.32. The second kappa shape index (κ2) is 4.99. The molecule has 1 aromatic carbocycles. The molecule has 0 aromatic heterocycles. The summed E-state index contributed by atoms with van der Waals surface area (Å²) in [6.07, 6.45) is 0. The number of sulfonamides is 1. The van der Waals surface area contributed by atoms with Crippen LogP contribution >= 0.6 is 0 Å². The van der Waals surface area contributed by atoms with Crippen LogP contribution in [-0.4, -0.2) is 46.0 Å². The summed E-state index contributed by atoms with van der Waals surface area (Å²) in [4.78, 5) is 4.36. The Balaban J connectivity index is 2.36. The molecule has 1 aliphatic rings. The molecule has 106 valence electrons. The molecule has 7 heteroatoms. The first-order valence-corrected chi connectivity index (χ1v) is 7.72. The van der Waals surface area contributed by atoms with Gasteiger partial charge in [-0.15, -0.1) is 0 Å². The number of nitrogens with two attached hydrogens (primary N) is 2. The Kier molecular flexibility index (Phi) is 3.71. The van der Waals surface area contributed by atoms with Gasteiger partial charge in [-0.1, -0.05) is 6.07 Å². The Morgan fingerprint density at radius 2 is 2.00 bits per heavy atom. The molecule has 19 heavy (non-hydrogen) atoms. The van der Waals surface area contributed by atoms with Gasteiger partial charge in [0.05, 0.1) is 11.4 Å². The third-order valence-corrected chi connectivity index (χ3v) is 4.62. The van der Waals surface area contributed by atoms with Crippen molar-refractivity contribution < 1.29 is 8.42 Å². The number of benzene rings is 1. The molecule has 0 spiro atoms. The SMILES string of the molecule is CC1CN(c2cccc(S(N)(=O)=O)c2N)CCN1C. The van der Waals surface area contributed by atoms with Crippen molar-refractivity contribution >= 4 is 21.4 Å². The molecule has 1 heterocycles. The van der Waals surface area contributed by atoms with Crippen molar-refractivity contribution in [2.75, 3.05) is 37.3 Å². The van der Waals surface area contributed by atoms with Gasteiger partial charge in [-0.05, 0) is 26.1 Å². The van der Waals surface area contributed by atoms with Gasteiger partial charge < -0.3 is 15.5 Å². The minimum Gasteiger partial charge on any atom is -0.396 e. The van der Waals surface area contributed by atoms with Gasteiger partial charge in [0, 0.05) is 25.7 Å². The summed E-state index contributed by atoms with van der Waals surface area (Å²) in [6.45, 7) is 4.68. The highest BCUT2D eigenvalue weighted by atomic mass is 32.2. The lowest BCUT2D eigenvalue weighted by molar-refractivity contribution is 0.234. The number of hydrogen-bond donors (Lipinski definition) is 2. The van der Waals surface area contributed by atoms with E-state index in [1.54, 1.807) is 6.07 Å². The van der Waals surface area contributed by atoms with Crippen LogP contribution in [0.15, 0.2) is 23.1 Å². The van der Waals surface area contributed by atoms with E-state index in [2.05, 4.69) is 23.8 Å². The number of primary sulfonamides is 1. The van der Waals surface area contributed by atoms with Gasteiger partial charge in [-0.3, -0.25) is 0 Å². The molecule has 1 aromatic rings. The Morgan fingerprint density at radius 1 is 1.32 bits per heavy atom. The van der Waals surface area contributed by atoms with Gasteiger partial charge in [0.1, 0.15) is 4.90 Å². The van der Waals surface area contributed by atoms with E-state index in [4.69, 9.17) is 10.9 Å². The van der Waals surface area contributed by atoms with E-state index in [1.807, 2.05) is 6.07 Å². The molecule has 0 bridgehead atoms. The van der Waals surface area contributed by atoms with Crippen LogP contribution in [0.1, 0.15) is 6.92 Å². The van der Waals surface area contributed by atoms with Crippen LogP contribution in [0.3, 0.4) is 0 Å². The monoisotopic (exact) mass is 284 g/mol. The first-order valence-electron chi connectivity index (χ1n) is 6.17. The smallest absolute Gasteiger partial charge is 0.240 e. The zero-order chi connectivity index (χ0) is 14.2. The van der Waals surface area contributed by atoms with Crippen LogP contribution in [0.25, 0.3) is 0 Å². The van der Waals surface area contributed by atoms with E-state index < -0.39 is 10.0 Å². The van der Waals surface area contributed by atoms with Crippen LogP contribution in [0.4, 0.5) is 11.4 Å². The number of anilines is 2. The maximum absolute atomic E-state index is 11.5. The normalized spacial score (nSPS) is 21.6. The first-order chi connectivity index (χ1) is 8.80. The van der Waals surface area contributed by atoms with Crippen molar-refractivity contribution in [3.8, 4) is 0 Å². The van der Waals surface area contributed by atoms with E-state index in [1.165, 1.54) is 6.07 Å². The van der Waals surface area contributed by atoms with Crippen molar-refractivity contribution in [2.24, 2.45) is 5.14 Å². The highest BCUT2D eigenvalue weighted by molar-refractivity contribution is 7.89. The van der Waals surface area contributed by atoms with Crippen LogP contribution < -0.4 is 15.8 Å². The van der Waals surface area contributed by atoms with Gasteiger partial charge in [0.25, 0.3) is 0 Å². The number of nitrogen functional groups attached to an aromatic ring is 1. The topological polar surface area (TPSA) is 92.7 Å². The molecule has 0 aliphatic carbocycles. The molecule has 1 saturated heterocycles. The number of rotatable bonds is 2. The van der Waals surface area contributed by atoms with E-state index in [0.717, 1.165) is 25.3 Å². The zero-order valence-electron chi connectivity index (χ0n) is 11.2. The van der Waals surface area contributed by atoms with E-state index in [0.29, 0.717) is 6.04 Å². The second-order valence-electron chi connectivity index (χ2n) is 5.01. The first kappa shape index (κ1) is 14.1. The Hall–Kier alpha value is -1.31. The van der Waals surface area contributed by atoms with Crippen molar-refractivity contribution in [3.05, 3.63) is 18.2 Å². The number of hydrogen-bond acceptors (Lipinski definition) is 5. The molecular weight excluding hydrogens is 264 g/mol. The van der Waals surface area contributed by atoms with Gasteiger partial charge in [0.2, 0.25) is 10.0 Å². The van der Waals surface area contributed by atoms with Crippen molar-refractivity contribution in [2.45, 2.75) is 17.9 Å². The number of nitrogens with zero attached hydrogens (tertiary/aromatic N) is 2. The average Bonchev–Trinajstić information content (AvgIpc) is 2.32. The van der Waals surface area contributed by atoms with Crippen molar-refractivity contribution in [1.29, 1.82) is 0 Å². The highest BCUT2D eigenvalue weighted by Gasteiger charge is 2.24. The minimum absolute atomic E-state index is 0.00317. The summed E-state index contributed by atoms with van der Waals surface area (Å²) in [6, 6.07) is 5.34. The van der Waals surface area contributed by atoms with Crippen LogP contribution in [0.2, 0.25) is 0 Å². The fourth-order valence-corrected chi connectivity index (χ4v) is 3.00. The van der Waals surface area contributed by atoms with Gasteiger partial charge in [0.15, 0.2) is 0 Å². The molecule has 6 nitrogen and oxygen atoms in total. The number of likely N-dealkylation sites (N-methyl/N-ethyl adjacent to an activating group) is 1. The summed E-state index contributed by atoms with van der Waals surface area (Å²) < 4.78 is 23.0. The van der Waals surface area contributed by atoms with Gasteiger partial charge >= 0.3 is 0 Å². The summed E-state index contributed by atoms with van der Waals surface area (Å²) in [5.41, 5.74) is 6.95. The molecular formula is C12H20N4O2S. The molecule has 2 rings (SSSR count). The minimum atomic E-state index is -3.78. The molecule has 0 amide bonds. The second-order valence-corrected chi connectivity index (χ2v) is 6.54. The van der Waals surface area contributed by atoms with Crippen LogP contribution in [0, 0.1) is 0 Å². The summed E-state index contributed by atoms with van der Waals surface area (Å²) in [5, 5.41) is 5.17. The molecule has 4 N–H and O–H groups in total. The average molecular weight is 284 g/mol. The Bertz CT molecular complexity index is 573. The van der Waals surface area contributed by atoms with E-state index in [9.17, 15) is 8.42 Å². The lowest BCUT2D eigenvalue weighted by Gasteiger charge is -2.39. The third kappa shape index (κ3) is 2.83. The molecule has 1 atom stereocenters. The summed E-state index contributed by atoms with van der Waals surface area (Å²) >= 11 is 0. The van der Waals surface area contributed by atoms with Gasteiger partial charge in [-0.2, -0.15) is 0 Å². The molecule has 0 saturated carbocycles. The summed E-state index contributed by atoms with van der Waals surface area (Å²) in [7, 11) is -1.71. The largest absolute Gasteiger partial charge is 0.396 e.